The van der Waals surface area contributed by atoms with Gasteiger partial charge in [0.25, 0.3) is 0 Å². The van der Waals surface area contributed by atoms with Gasteiger partial charge >= 0.3 is 0 Å². The van der Waals surface area contributed by atoms with Gasteiger partial charge in [0.2, 0.25) is 0 Å². The molecule has 0 radical (unpaired) electrons. The van der Waals surface area contributed by atoms with E-state index in [4.69, 9.17) is 4.74 Å². The summed E-state index contributed by atoms with van der Waals surface area (Å²) in [5.41, 5.74) is 0. The van der Waals surface area contributed by atoms with Gasteiger partial charge in [0.05, 0.1) is 6.61 Å². The summed E-state index contributed by atoms with van der Waals surface area (Å²) in [6, 6.07) is 4.63. The van der Waals surface area contributed by atoms with Crippen LogP contribution in [0, 0.1) is 5.92 Å². The van der Waals surface area contributed by atoms with Gasteiger partial charge in [0.1, 0.15) is 0 Å². The number of hydrogen-bond acceptors (Lipinski definition) is 4. The average Bonchev–Trinajstić information content (AvgIpc) is 3.06. The highest BCUT2D eigenvalue weighted by molar-refractivity contribution is 7.09. The third-order valence-electron chi connectivity index (χ3n) is 4.25. The van der Waals surface area contributed by atoms with Crippen LogP contribution in [-0.4, -0.2) is 57.3 Å². The number of aliphatic imine (C=N–C) groups is 1. The molecule has 1 fully saturated rings. The van der Waals surface area contributed by atoms with Gasteiger partial charge in [0.15, 0.2) is 5.96 Å². The van der Waals surface area contributed by atoms with E-state index in [1.807, 2.05) is 18.4 Å². The van der Waals surface area contributed by atoms with E-state index in [-0.39, 0.29) is 6.04 Å². The van der Waals surface area contributed by atoms with Crippen LogP contribution in [0.25, 0.3) is 0 Å². The number of methoxy groups -OCH3 is 1. The lowest BCUT2D eigenvalue weighted by molar-refractivity contribution is 0.176. The third kappa shape index (κ3) is 6.49. The van der Waals surface area contributed by atoms with Gasteiger partial charge in [0, 0.05) is 38.2 Å². The van der Waals surface area contributed by atoms with Gasteiger partial charge in [-0.1, -0.05) is 6.07 Å². The number of rotatable bonds is 7. The van der Waals surface area contributed by atoms with Gasteiger partial charge in [-0.05, 0) is 50.2 Å². The minimum absolute atomic E-state index is 0.263. The fourth-order valence-electron chi connectivity index (χ4n) is 2.93. The van der Waals surface area contributed by atoms with Crippen molar-refractivity contribution < 1.29 is 4.74 Å². The van der Waals surface area contributed by atoms with E-state index in [1.54, 1.807) is 7.11 Å². The summed E-state index contributed by atoms with van der Waals surface area (Å²) >= 11 is 1.86. The predicted octanol–water partition coefficient (Wildman–Crippen LogP) is 2.16. The van der Waals surface area contributed by atoms with Crippen molar-refractivity contribution in [3.63, 3.8) is 0 Å². The maximum atomic E-state index is 5.15. The summed E-state index contributed by atoms with van der Waals surface area (Å²) in [6.45, 7) is 7.26. The topological polar surface area (TPSA) is 48.9 Å². The van der Waals surface area contributed by atoms with Gasteiger partial charge in [-0.25, -0.2) is 0 Å². The molecular weight excluding hydrogens is 308 g/mol. The minimum atomic E-state index is 0.263. The van der Waals surface area contributed by atoms with E-state index >= 15 is 0 Å². The van der Waals surface area contributed by atoms with E-state index < -0.39 is 0 Å². The molecule has 2 rings (SSSR count). The van der Waals surface area contributed by atoms with Crippen molar-refractivity contribution in [2.75, 3.05) is 40.4 Å². The maximum absolute atomic E-state index is 5.15. The van der Waals surface area contributed by atoms with E-state index in [9.17, 15) is 0 Å². The molecule has 0 aromatic carbocycles. The van der Waals surface area contributed by atoms with Crippen molar-refractivity contribution in [3.05, 3.63) is 22.4 Å². The number of guanidine groups is 1. The van der Waals surface area contributed by atoms with E-state index in [0.717, 1.165) is 25.0 Å². The first kappa shape index (κ1) is 18.2. The van der Waals surface area contributed by atoms with Crippen molar-refractivity contribution in [2.45, 2.75) is 32.4 Å². The molecule has 1 aliphatic heterocycles. The van der Waals surface area contributed by atoms with Crippen LogP contribution in [-0.2, 0) is 11.3 Å². The predicted molar refractivity (Wildman–Crippen MR) is 98.2 cm³/mol. The molecule has 1 aromatic rings. The van der Waals surface area contributed by atoms with Crippen molar-refractivity contribution in [1.29, 1.82) is 0 Å². The van der Waals surface area contributed by atoms with Crippen LogP contribution in [0.5, 0.6) is 0 Å². The zero-order valence-electron chi connectivity index (χ0n) is 14.5. The Balaban J connectivity index is 1.65. The van der Waals surface area contributed by atoms with Crippen molar-refractivity contribution in [3.8, 4) is 0 Å². The Morgan fingerprint density at radius 1 is 1.48 bits per heavy atom. The number of thiophene rings is 1. The molecule has 0 spiro atoms. The van der Waals surface area contributed by atoms with Gasteiger partial charge in [-0.2, -0.15) is 0 Å². The van der Waals surface area contributed by atoms with Gasteiger partial charge in [-0.15, -0.1) is 11.3 Å². The van der Waals surface area contributed by atoms with Crippen LogP contribution in [0.15, 0.2) is 22.5 Å². The molecule has 6 heteroatoms. The van der Waals surface area contributed by atoms with E-state index in [1.165, 1.54) is 30.8 Å². The number of hydrogen-bond donors (Lipinski definition) is 2. The lowest BCUT2D eigenvalue weighted by atomic mass is 9.97. The Hall–Kier alpha value is -1.11. The minimum Gasteiger partial charge on any atom is -0.383 e. The molecule has 0 amide bonds. The fourth-order valence-corrected chi connectivity index (χ4v) is 3.68. The SMILES string of the molecule is CN=C(NCC1CCN(Cc2cccs2)CC1)NC(C)COC. The maximum Gasteiger partial charge on any atom is 0.191 e. The normalized spacial score (nSPS) is 18.8. The second-order valence-electron chi connectivity index (χ2n) is 6.25. The number of nitrogens with zero attached hydrogens (tertiary/aromatic N) is 2. The summed E-state index contributed by atoms with van der Waals surface area (Å²) in [5, 5.41) is 8.97. The molecule has 1 atom stereocenters. The van der Waals surface area contributed by atoms with Crippen LogP contribution in [0.2, 0.25) is 0 Å². The number of ether oxygens (including phenoxy) is 1. The largest absolute Gasteiger partial charge is 0.383 e. The summed E-state index contributed by atoms with van der Waals surface area (Å²) < 4.78 is 5.15. The molecule has 2 heterocycles. The van der Waals surface area contributed by atoms with Gasteiger partial charge in [-0.3, -0.25) is 9.89 Å². The number of nitrogens with one attached hydrogen (secondary N) is 2. The fraction of sp³-hybridized carbons (Fsp3) is 0.706. The highest BCUT2D eigenvalue weighted by Crippen LogP contribution is 2.20. The molecule has 23 heavy (non-hydrogen) atoms. The third-order valence-corrected chi connectivity index (χ3v) is 5.11. The Bertz CT molecular complexity index is 455. The standard InChI is InChI=1S/C17H30N4OS/c1-14(13-22-3)20-17(18-2)19-11-15-6-8-21(9-7-15)12-16-5-4-10-23-16/h4-5,10,14-15H,6-9,11-13H2,1-3H3,(H2,18,19,20). The zero-order valence-corrected chi connectivity index (χ0v) is 15.4. The quantitative estimate of drug-likeness (QED) is 0.591. The molecule has 5 nitrogen and oxygen atoms in total. The summed E-state index contributed by atoms with van der Waals surface area (Å²) in [7, 11) is 3.54. The van der Waals surface area contributed by atoms with Crippen LogP contribution >= 0.6 is 11.3 Å². The molecule has 1 aliphatic rings. The molecular formula is C17H30N4OS. The Labute approximate surface area is 144 Å². The monoisotopic (exact) mass is 338 g/mol. The number of piperidine rings is 1. The first-order valence-corrected chi connectivity index (χ1v) is 9.30. The second kappa shape index (κ2) is 9.90. The average molecular weight is 339 g/mol. The second-order valence-corrected chi connectivity index (χ2v) is 7.28. The molecule has 0 aliphatic carbocycles. The van der Waals surface area contributed by atoms with Crippen LogP contribution in [0.1, 0.15) is 24.6 Å². The van der Waals surface area contributed by atoms with Crippen molar-refractivity contribution >= 4 is 17.3 Å². The molecule has 0 bridgehead atoms. The summed E-state index contributed by atoms with van der Waals surface area (Å²) in [6.07, 6.45) is 2.51. The lowest BCUT2D eigenvalue weighted by Gasteiger charge is -2.32. The highest BCUT2D eigenvalue weighted by Gasteiger charge is 2.19. The molecule has 1 unspecified atom stereocenters. The summed E-state index contributed by atoms with van der Waals surface area (Å²) in [5.74, 6) is 1.60. The molecule has 1 saturated heterocycles. The van der Waals surface area contributed by atoms with Gasteiger partial charge < -0.3 is 15.4 Å². The Kier molecular flexibility index (Phi) is 7.85. The van der Waals surface area contributed by atoms with E-state index in [2.05, 4.69) is 45.0 Å². The Morgan fingerprint density at radius 2 is 2.26 bits per heavy atom. The van der Waals surface area contributed by atoms with E-state index in [0.29, 0.717) is 6.61 Å². The molecule has 1 aromatic heterocycles. The van der Waals surface area contributed by atoms with Crippen LogP contribution in [0.3, 0.4) is 0 Å². The molecule has 130 valence electrons. The van der Waals surface area contributed by atoms with Crippen molar-refractivity contribution in [2.24, 2.45) is 10.9 Å². The van der Waals surface area contributed by atoms with Crippen molar-refractivity contribution in [1.82, 2.24) is 15.5 Å². The van der Waals surface area contributed by atoms with Crippen LogP contribution in [0.4, 0.5) is 0 Å². The molecule has 0 saturated carbocycles. The Morgan fingerprint density at radius 3 is 2.87 bits per heavy atom. The zero-order chi connectivity index (χ0) is 16.5. The smallest absolute Gasteiger partial charge is 0.191 e. The summed E-state index contributed by atoms with van der Waals surface area (Å²) in [4.78, 5) is 8.33. The first-order valence-electron chi connectivity index (χ1n) is 8.42. The van der Waals surface area contributed by atoms with Crippen LogP contribution < -0.4 is 10.6 Å². The first-order chi connectivity index (χ1) is 11.2. The lowest BCUT2D eigenvalue weighted by Crippen LogP contribution is -2.46. The highest BCUT2D eigenvalue weighted by atomic mass is 32.1. The molecule has 2 N–H and O–H groups in total. The number of likely N-dealkylation sites (tertiary alicyclic amines) is 1.